The topological polar surface area (TPSA) is 166 Å². The lowest BCUT2D eigenvalue weighted by Crippen LogP contribution is -2.53. The minimum atomic E-state index is -4.41. The minimum absolute atomic E-state index is 0.126. The van der Waals surface area contributed by atoms with Crippen LogP contribution >= 0.6 is 7.75 Å². The molecule has 0 spiro atoms. The van der Waals surface area contributed by atoms with Crippen molar-refractivity contribution in [3.63, 3.8) is 0 Å². The number of aliphatic hydroxyl groups excluding tert-OH is 1. The van der Waals surface area contributed by atoms with Crippen molar-refractivity contribution >= 4 is 25.1 Å². The van der Waals surface area contributed by atoms with Gasteiger partial charge in [0.1, 0.15) is 42.0 Å². The number of fused-ring (bicyclic) bond motifs is 1. The number of hydrogen-bond donors (Lipinski definition) is 4. The molecule has 0 bridgehead atoms. The largest absolute Gasteiger partial charge is 0.465 e. The van der Waals surface area contributed by atoms with Crippen LogP contribution in [0.3, 0.4) is 0 Å². The van der Waals surface area contributed by atoms with E-state index in [1.54, 1.807) is 31.3 Å². The molecule has 15 heteroatoms. The van der Waals surface area contributed by atoms with E-state index in [1.807, 2.05) is 0 Å². The van der Waals surface area contributed by atoms with Crippen LogP contribution in [0.15, 0.2) is 48.8 Å². The van der Waals surface area contributed by atoms with Gasteiger partial charge >= 0.3 is 13.7 Å². The first-order valence-electron chi connectivity index (χ1n) is 14.2. The normalized spacial score (nSPS) is 24.0. The predicted molar refractivity (Wildman–Crippen MR) is 155 cm³/mol. The highest BCUT2D eigenvalue weighted by Gasteiger charge is 2.60. The molecular weight excluding hydrogens is 584 g/mol. The number of esters is 1. The Morgan fingerprint density at radius 2 is 2.02 bits per heavy atom. The van der Waals surface area contributed by atoms with Crippen LogP contribution in [0.1, 0.15) is 45.2 Å². The zero-order chi connectivity index (χ0) is 31.1. The van der Waals surface area contributed by atoms with E-state index in [9.17, 15) is 24.0 Å². The molecule has 1 aromatic carbocycles. The van der Waals surface area contributed by atoms with E-state index in [4.69, 9.17) is 18.5 Å². The highest BCUT2D eigenvalue weighted by molar-refractivity contribution is 7.52. The number of benzene rings is 1. The third-order valence-corrected chi connectivity index (χ3v) is 8.91. The average Bonchev–Trinajstić information content (AvgIpc) is 3.56. The molecule has 43 heavy (non-hydrogen) atoms. The zero-order valence-corrected chi connectivity index (χ0v) is 25.3. The van der Waals surface area contributed by atoms with Crippen LogP contribution in [0.25, 0.3) is 5.52 Å². The van der Waals surface area contributed by atoms with E-state index < -0.39 is 57.0 Å². The summed E-state index contributed by atoms with van der Waals surface area (Å²) >= 11 is 0. The summed E-state index contributed by atoms with van der Waals surface area (Å²) in [6.45, 7) is 1.07. The Morgan fingerprint density at radius 3 is 2.72 bits per heavy atom. The summed E-state index contributed by atoms with van der Waals surface area (Å²) in [4.78, 5) is 16.7. The SMILES string of the molecule is CCCCCCOC(=O)[C@H](C)N[P@](=O)(OC[C@@]1(CF)OC[C@](O)(c2ccc3c(NC)ncnn23)[C@@H]1O)Oc1ccccc1. The molecule has 1 fully saturated rings. The number of aliphatic hydroxyl groups is 2. The molecule has 0 amide bonds. The second kappa shape index (κ2) is 14.1. The number of para-hydroxylation sites is 1. The number of carbonyl (C=O) groups excluding carboxylic acids is 1. The smallest absolute Gasteiger partial charge is 0.459 e. The number of unbranched alkanes of at least 4 members (excludes halogenated alkanes) is 3. The predicted octanol–water partition coefficient (Wildman–Crippen LogP) is 3.36. The van der Waals surface area contributed by atoms with Gasteiger partial charge in [-0.05, 0) is 37.6 Å². The number of aromatic nitrogens is 3. The molecule has 1 saturated heterocycles. The fourth-order valence-corrected chi connectivity index (χ4v) is 6.35. The molecule has 2 aromatic heterocycles. The van der Waals surface area contributed by atoms with Crippen molar-refractivity contribution in [1.29, 1.82) is 0 Å². The van der Waals surface area contributed by atoms with E-state index in [2.05, 4.69) is 27.4 Å². The molecule has 0 radical (unpaired) electrons. The molecule has 0 unspecified atom stereocenters. The van der Waals surface area contributed by atoms with Gasteiger partial charge in [0.2, 0.25) is 0 Å². The number of anilines is 1. The van der Waals surface area contributed by atoms with E-state index in [-0.39, 0.29) is 18.1 Å². The Morgan fingerprint density at radius 1 is 1.26 bits per heavy atom. The fourth-order valence-electron chi connectivity index (χ4n) is 4.81. The maximum Gasteiger partial charge on any atom is 0.459 e. The number of nitrogens with zero attached hydrogens (tertiary/aromatic N) is 3. The van der Waals surface area contributed by atoms with Crippen molar-refractivity contribution < 1.29 is 42.5 Å². The van der Waals surface area contributed by atoms with E-state index >= 15 is 0 Å². The molecular formula is C28H39FN5O8P. The molecule has 4 N–H and O–H groups in total. The van der Waals surface area contributed by atoms with Gasteiger partial charge in [-0.25, -0.2) is 18.5 Å². The summed E-state index contributed by atoms with van der Waals surface area (Å²) in [6, 6.07) is 10.1. The lowest BCUT2D eigenvalue weighted by Gasteiger charge is -2.33. The standard InChI is InChI=1S/C28H39FN5O8P/c1-4-5-6-10-15-39-25(35)20(2)33-43(38,42-21-11-8-7-9-12-21)41-17-27(16-29)26(36)28(37,18-40-27)23-14-13-22-24(30-3)31-19-32-34(22)23/h7-9,11-14,19-20,26,36-37H,4-6,10,15-18H2,1-3H3,(H,33,38)(H,30,31,32)/t20-,26+,27+,28-,43-/m0/s1. The van der Waals surface area contributed by atoms with Gasteiger partial charge in [0.25, 0.3) is 0 Å². The van der Waals surface area contributed by atoms with Crippen LogP contribution in [0.5, 0.6) is 5.75 Å². The third kappa shape index (κ3) is 7.17. The Kier molecular flexibility index (Phi) is 10.8. The Balaban J connectivity index is 1.53. The molecule has 3 heterocycles. The monoisotopic (exact) mass is 623 g/mol. The number of carbonyl (C=O) groups is 1. The molecule has 236 valence electrons. The van der Waals surface area contributed by atoms with Crippen molar-refractivity contribution in [3.8, 4) is 5.75 Å². The summed E-state index contributed by atoms with van der Waals surface area (Å²) in [5.41, 5.74) is -3.63. The maximum absolute atomic E-state index is 14.7. The van der Waals surface area contributed by atoms with Crippen LogP contribution < -0.4 is 14.9 Å². The third-order valence-electron chi connectivity index (χ3n) is 7.28. The lowest BCUT2D eigenvalue weighted by atomic mass is 9.86. The summed E-state index contributed by atoms with van der Waals surface area (Å²) in [7, 11) is -2.74. The first-order chi connectivity index (χ1) is 20.6. The number of nitrogens with one attached hydrogen (secondary N) is 2. The van der Waals surface area contributed by atoms with Crippen molar-refractivity contribution in [3.05, 3.63) is 54.5 Å². The van der Waals surface area contributed by atoms with Crippen LogP contribution in [0, 0.1) is 0 Å². The second-order valence-corrected chi connectivity index (χ2v) is 12.1. The van der Waals surface area contributed by atoms with Crippen molar-refractivity contribution in [2.45, 2.75) is 62.9 Å². The van der Waals surface area contributed by atoms with Crippen LogP contribution in [-0.2, 0) is 29.0 Å². The summed E-state index contributed by atoms with van der Waals surface area (Å²) < 4.78 is 52.2. The highest BCUT2D eigenvalue weighted by atomic mass is 31.2. The lowest BCUT2D eigenvalue weighted by molar-refractivity contribution is -0.145. The fraction of sp³-hybridized carbons (Fsp3) is 0.536. The van der Waals surface area contributed by atoms with E-state index in [0.29, 0.717) is 17.8 Å². The highest BCUT2D eigenvalue weighted by Crippen LogP contribution is 2.48. The molecule has 1 aliphatic rings. The van der Waals surface area contributed by atoms with Gasteiger partial charge in [-0.3, -0.25) is 9.32 Å². The Hall–Kier alpha value is -3.13. The van der Waals surface area contributed by atoms with Crippen molar-refractivity contribution in [2.75, 3.05) is 38.9 Å². The van der Waals surface area contributed by atoms with Gasteiger partial charge in [-0.15, -0.1) is 0 Å². The van der Waals surface area contributed by atoms with Crippen molar-refractivity contribution in [1.82, 2.24) is 19.7 Å². The molecule has 0 saturated carbocycles. The van der Waals surface area contributed by atoms with Crippen LogP contribution in [0.4, 0.5) is 10.2 Å². The Bertz CT molecular complexity index is 1410. The second-order valence-electron chi connectivity index (χ2n) is 10.4. The van der Waals surface area contributed by atoms with Crippen LogP contribution in [0.2, 0.25) is 0 Å². The molecule has 1 aliphatic heterocycles. The maximum atomic E-state index is 14.7. The summed E-state index contributed by atoms with van der Waals surface area (Å²) in [6.07, 6.45) is 3.04. The van der Waals surface area contributed by atoms with Crippen molar-refractivity contribution in [2.24, 2.45) is 0 Å². The number of hydrogen-bond acceptors (Lipinski definition) is 11. The Labute approximate surface area is 249 Å². The molecule has 3 aromatic rings. The minimum Gasteiger partial charge on any atom is -0.465 e. The van der Waals surface area contributed by atoms with E-state index in [0.717, 1.165) is 19.3 Å². The molecule has 0 aliphatic carbocycles. The average molecular weight is 624 g/mol. The number of rotatable bonds is 16. The van der Waals surface area contributed by atoms with Gasteiger partial charge < -0.3 is 29.5 Å². The van der Waals surface area contributed by atoms with Crippen LogP contribution in [-0.4, -0.2) is 82.1 Å². The number of ether oxygens (including phenoxy) is 2. The molecule has 4 rings (SSSR count). The first kappa shape index (κ1) is 32.8. The molecule has 5 atom stereocenters. The summed E-state index contributed by atoms with van der Waals surface area (Å²) in [5, 5.41) is 32.5. The molecule has 13 nitrogen and oxygen atoms in total. The van der Waals surface area contributed by atoms with Gasteiger partial charge in [-0.1, -0.05) is 44.4 Å². The number of halogens is 1. The van der Waals surface area contributed by atoms with Gasteiger partial charge in [0, 0.05) is 7.05 Å². The number of alkyl halides is 1. The summed E-state index contributed by atoms with van der Waals surface area (Å²) in [5.74, 6) is -0.0550. The zero-order valence-electron chi connectivity index (χ0n) is 24.4. The quantitative estimate of drug-likeness (QED) is 0.105. The van der Waals surface area contributed by atoms with Gasteiger partial charge in [-0.2, -0.15) is 10.2 Å². The van der Waals surface area contributed by atoms with Gasteiger partial charge in [0.05, 0.1) is 25.5 Å². The van der Waals surface area contributed by atoms with Gasteiger partial charge in [0.15, 0.2) is 11.4 Å². The van der Waals surface area contributed by atoms with E-state index in [1.165, 1.54) is 36.0 Å². The first-order valence-corrected chi connectivity index (χ1v) is 15.7.